The predicted molar refractivity (Wildman–Crippen MR) is 171 cm³/mol. The van der Waals surface area contributed by atoms with Gasteiger partial charge in [-0.3, -0.25) is 14.4 Å². The van der Waals surface area contributed by atoms with Crippen LogP contribution >= 0.6 is 35.0 Å². The molecule has 3 aromatic carbocycles. The molecule has 4 unspecified atom stereocenters. The van der Waals surface area contributed by atoms with Crippen molar-refractivity contribution >= 4 is 46.8 Å². The van der Waals surface area contributed by atoms with E-state index >= 15 is 0 Å². The molecule has 1 aliphatic heterocycles. The Bertz CT molecular complexity index is 1380. The third-order valence-corrected chi connectivity index (χ3v) is 9.60. The number of hydroxylamine groups is 1. The molecule has 9 heteroatoms. The quantitative estimate of drug-likeness (QED) is 0.174. The lowest BCUT2D eigenvalue weighted by Gasteiger charge is -2.49. The Kier molecular flexibility index (Phi) is 10.9. The fraction of sp³-hybridized carbons (Fsp3) is 0.394. The number of rotatable bonds is 11. The van der Waals surface area contributed by atoms with Crippen molar-refractivity contribution in [3.63, 3.8) is 0 Å². The van der Waals surface area contributed by atoms with Crippen LogP contribution in [0.25, 0.3) is 0 Å². The number of hydrogen-bond donors (Lipinski definition) is 2. The number of nitrogens with zero attached hydrogens (tertiary/aromatic N) is 1. The molecule has 0 spiro atoms. The summed E-state index contributed by atoms with van der Waals surface area (Å²) in [7, 11) is 0. The highest BCUT2D eigenvalue weighted by atomic mass is 35.5. The fourth-order valence-electron chi connectivity index (χ4n) is 6.24. The van der Waals surface area contributed by atoms with Crippen molar-refractivity contribution in [1.29, 1.82) is 0 Å². The van der Waals surface area contributed by atoms with Crippen LogP contribution < -0.4 is 10.8 Å². The number of hydrogen-bond acceptors (Lipinski definition) is 5. The Labute approximate surface area is 262 Å². The van der Waals surface area contributed by atoms with Crippen molar-refractivity contribution in [2.45, 2.75) is 63.3 Å². The average Bonchev–Trinajstić information content (AvgIpc) is 3.00. The third kappa shape index (κ3) is 6.98. The van der Waals surface area contributed by atoms with Crippen molar-refractivity contribution in [3.05, 3.63) is 105 Å². The van der Waals surface area contributed by atoms with Gasteiger partial charge in [0.15, 0.2) is 0 Å². The maximum absolute atomic E-state index is 14.4. The van der Waals surface area contributed by atoms with Crippen LogP contribution in [0.4, 0.5) is 0 Å². The number of halogens is 2. The topological polar surface area (TPSA) is 70.7 Å². The van der Waals surface area contributed by atoms with Gasteiger partial charge in [0, 0.05) is 40.0 Å². The van der Waals surface area contributed by atoms with Crippen molar-refractivity contribution in [2.24, 2.45) is 0 Å². The van der Waals surface area contributed by atoms with Gasteiger partial charge in [0.25, 0.3) is 11.8 Å². The molecule has 0 aromatic heterocycles. The molecule has 3 aromatic rings. The summed E-state index contributed by atoms with van der Waals surface area (Å²) in [5.41, 5.74) is 5.53. The van der Waals surface area contributed by atoms with Gasteiger partial charge in [-0.1, -0.05) is 97.6 Å². The summed E-state index contributed by atoms with van der Waals surface area (Å²) in [6.07, 6.45) is 3.91. The van der Waals surface area contributed by atoms with Gasteiger partial charge in [-0.25, -0.2) is 5.48 Å². The first-order chi connectivity index (χ1) is 20.5. The second-order valence-corrected chi connectivity index (χ2v) is 13.0. The number of amides is 2. The number of fused-ring (bicyclic) bond motifs is 1. The third-order valence-electron chi connectivity index (χ3n) is 8.14. The SMILES string of the molecule is CCSCCNC1CCCCC1N1C(=O)c2ccccc2C(C(=O)NOCc2ccccc2)C1c1ccc(Cl)cc1Cl. The molecule has 5 rings (SSSR count). The minimum absolute atomic E-state index is 0.0856. The van der Waals surface area contributed by atoms with E-state index in [1.165, 1.54) is 0 Å². The highest BCUT2D eigenvalue weighted by Crippen LogP contribution is 2.47. The summed E-state index contributed by atoms with van der Waals surface area (Å²) in [5.74, 6) is 0.917. The Hall–Kier alpha value is -2.55. The standard InChI is InChI=1S/C33H37Cl2N3O3S/c1-2-42-19-18-36-28-14-8-9-15-29(28)38-31(26-17-16-23(34)20-27(26)35)30(24-12-6-7-13-25(24)33(38)40)32(39)37-41-21-22-10-4-3-5-11-22/h3-7,10-13,16-17,20,28-31,36H,2,8-9,14-15,18-19,21H2,1H3,(H,37,39). The first-order valence-corrected chi connectivity index (χ1v) is 16.5. The van der Waals surface area contributed by atoms with Gasteiger partial charge in [-0.15, -0.1) is 0 Å². The molecule has 2 N–H and O–H groups in total. The molecule has 1 saturated carbocycles. The van der Waals surface area contributed by atoms with E-state index in [0.717, 1.165) is 49.3 Å². The minimum Gasteiger partial charge on any atom is -0.326 e. The van der Waals surface area contributed by atoms with Crippen LogP contribution in [0.3, 0.4) is 0 Å². The number of nitrogens with one attached hydrogen (secondary N) is 2. The summed E-state index contributed by atoms with van der Waals surface area (Å²) >= 11 is 15.0. The predicted octanol–water partition coefficient (Wildman–Crippen LogP) is 7.18. The summed E-state index contributed by atoms with van der Waals surface area (Å²) in [6.45, 7) is 3.25. The van der Waals surface area contributed by atoms with Crippen LogP contribution in [0.15, 0.2) is 72.8 Å². The highest BCUT2D eigenvalue weighted by molar-refractivity contribution is 7.99. The maximum Gasteiger partial charge on any atom is 0.255 e. The van der Waals surface area contributed by atoms with E-state index in [2.05, 4.69) is 17.7 Å². The summed E-state index contributed by atoms with van der Waals surface area (Å²) in [4.78, 5) is 36.2. The van der Waals surface area contributed by atoms with Gasteiger partial charge >= 0.3 is 0 Å². The Morgan fingerprint density at radius 1 is 1.00 bits per heavy atom. The van der Waals surface area contributed by atoms with Gasteiger partial charge in [0.1, 0.15) is 0 Å². The van der Waals surface area contributed by atoms with Crippen LogP contribution in [-0.4, -0.2) is 46.8 Å². The van der Waals surface area contributed by atoms with E-state index in [-0.39, 0.29) is 30.5 Å². The van der Waals surface area contributed by atoms with E-state index in [9.17, 15) is 9.59 Å². The molecule has 0 bridgehead atoms. The van der Waals surface area contributed by atoms with Crippen LogP contribution in [0.2, 0.25) is 10.0 Å². The molecule has 4 atom stereocenters. The fourth-order valence-corrected chi connectivity index (χ4v) is 7.31. The highest BCUT2D eigenvalue weighted by Gasteiger charge is 2.49. The Balaban J connectivity index is 1.54. The van der Waals surface area contributed by atoms with Gasteiger partial charge in [-0.2, -0.15) is 11.8 Å². The number of thioether (sulfide) groups is 1. The zero-order chi connectivity index (χ0) is 29.5. The molecule has 2 aliphatic rings. The van der Waals surface area contributed by atoms with Gasteiger partial charge in [0.2, 0.25) is 0 Å². The number of carbonyl (C=O) groups is 2. The van der Waals surface area contributed by atoms with Gasteiger partial charge in [-0.05, 0) is 53.5 Å². The molecule has 222 valence electrons. The lowest BCUT2D eigenvalue weighted by atomic mass is 9.76. The van der Waals surface area contributed by atoms with Crippen LogP contribution in [0, 0.1) is 0 Å². The van der Waals surface area contributed by atoms with Crippen LogP contribution in [-0.2, 0) is 16.2 Å². The summed E-state index contributed by atoms with van der Waals surface area (Å²) in [5, 5.41) is 4.67. The first-order valence-electron chi connectivity index (χ1n) is 14.6. The second kappa shape index (κ2) is 14.8. The van der Waals surface area contributed by atoms with Crippen molar-refractivity contribution in [3.8, 4) is 0 Å². The van der Waals surface area contributed by atoms with E-state index in [1.54, 1.807) is 12.1 Å². The maximum atomic E-state index is 14.4. The number of benzene rings is 3. The Morgan fingerprint density at radius 3 is 2.55 bits per heavy atom. The molecule has 1 fully saturated rings. The largest absolute Gasteiger partial charge is 0.326 e. The van der Waals surface area contributed by atoms with Crippen LogP contribution in [0.5, 0.6) is 0 Å². The zero-order valence-electron chi connectivity index (χ0n) is 23.7. The molecule has 0 radical (unpaired) electrons. The molecule has 6 nitrogen and oxygen atoms in total. The normalized spacial score (nSPS) is 22.1. The first kappa shape index (κ1) is 30.9. The average molecular weight is 627 g/mol. The van der Waals surface area contributed by atoms with Gasteiger partial charge in [0.05, 0.1) is 18.6 Å². The van der Waals surface area contributed by atoms with Crippen molar-refractivity contribution in [2.75, 3.05) is 18.1 Å². The molecule has 42 heavy (non-hydrogen) atoms. The van der Waals surface area contributed by atoms with Crippen molar-refractivity contribution < 1.29 is 14.4 Å². The smallest absolute Gasteiger partial charge is 0.255 e. The second-order valence-electron chi connectivity index (χ2n) is 10.7. The molecule has 1 heterocycles. The molecule has 1 aliphatic carbocycles. The molecule has 0 saturated heterocycles. The summed E-state index contributed by atoms with van der Waals surface area (Å²) in [6, 6.07) is 21.7. The van der Waals surface area contributed by atoms with E-state index in [4.69, 9.17) is 28.0 Å². The molecule has 2 amide bonds. The van der Waals surface area contributed by atoms with E-state index in [0.29, 0.717) is 26.7 Å². The van der Waals surface area contributed by atoms with Gasteiger partial charge < -0.3 is 10.2 Å². The minimum atomic E-state index is -0.744. The lowest BCUT2D eigenvalue weighted by molar-refractivity contribution is -0.138. The lowest BCUT2D eigenvalue weighted by Crippen LogP contribution is -2.58. The summed E-state index contributed by atoms with van der Waals surface area (Å²) < 4.78 is 0. The Morgan fingerprint density at radius 2 is 1.76 bits per heavy atom. The monoisotopic (exact) mass is 625 g/mol. The molecular weight excluding hydrogens is 589 g/mol. The molecular formula is C33H37Cl2N3O3S. The van der Waals surface area contributed by atoms with Crippen molar-refractivity contribution in [1.82, 2.24) is 15.7 Å². The zero-order valence-corrected chi connectivity index (χ0v) is 26.1. The number of carbonyl (C=O) groups excluding carboxylic acids is 2. The van der Waals surface area contributed by atoms with E-state index < -0.39 is 12.0 Å². The van der Waals surface area contributed by atoms with Crippen LogP contribution in [0.1, 0.15) is 71.6 Å². The van der Waals surface area contributed by atoms with E-state index in [1.807, 2.05) is 77.3 Å².